The standard InChI is InChI=1S/C21H39FO2/c1-3-4-5-6-7-8-9-10-11-12-13-14-15-16-17-18-19-20(22)21(23)24-2/h19H,3-18H2,1-2H3/b20-19-. The second-order valence-corrected chi connectivity index (χ2v) is 6.78. The Labute approximate surface area is 149 Å². The van der Waals surface area contributed by atoms with Gasteiger partial charge < -0.3 is 4.74 Å². The number of rotatable bonds is 17. The van der Waals surface area contributed by atoms with Gasteiger partial charge in [-0.15, -0.1) is 0 Å². The summed E-state index contributed by atoms with van der Waals surface area (Å²) in [5.74, 6) is -1.63. The van der Waals surface area contributed by atoms with E-state index in [1.807, 2.05) is 0 Å². The average molecular weight is 343 g/mol. The molecule has 0 saturated carbocycles. The Bertz CT molecular complexity index is 313. The van der Waals surface area contributed by atoms with Gasteiger partial charge >= 0.3 is 5.97 Å². The van der Waals surface area contributed by atoms with Gasteiger partial charge in [0.2, 0.25) is 5.83 Å². The summed E-state index contributed by atoms with van der Waals surface area (Å²) in [6, 6.07) is 0. The minimum absolute atomic E-state index is 0.624. The lowest BCUT2D eigenvalue weighted by atomic mass is 10.0. The fraction of sp³-hybridized carbons (Fsp3) is 0.857. The van der Waals surface area contributed by atoms with Crippen LogP contribution in [0.25, 0.3) is 0 Å². The lowest BCUT2D eigenvalue weighted by molar-refractivity contribution is -0.137. The topological polar surface area (TPSA) is 26.3 Å². The van der Waals surface area contributed by atoms with E-state index in [1.54, 1.807) is 0 Å². The lowest BCUT2D eigenvalue weighted by Crippen LogP contribution is -2.00. The van der Waals surface area contributed by atoms with E-state index in [-0.39, 0.29) is 0 Å². The molecule has 0 spiro atoms. The van der Waals surface area contributed by atoms with Gasteiger partial charge in [-0.25, -0.2) is 4.79 Å². The first-order chi connectivity index (χ1) is 11.7. The van der Waals surface area contributed by atoms with Gasteiger partial charge in [-0.3, -0.25) is 0 Å². The number of hydrogen-bond donors (Lipinski definition) is 0. The number of hydrogen-bond acceptors (Lipinski definition) is 2. The van der Waals surface area contributed by atoms with Crippen molar-refractivity contribution in [1.29, 1.82) is 0 Å². The Balaban J connectivity index is 3.17. The molecule has 0 aliphatic carbocycles. The third-order valence-electron chi connectivity index (χ3n) is 4.51. The van der Waals surface area contributed by atoms with Crippen molar-refractivity contribution in [3.63, 3.8) is 0 Å². The maximum absolute atomic E-state index is 13.1. The predicted molar refractivity (Wildman–Crippen MR) is 101 cm³/mol. The van der Waals surface area contributed by atoms with Gasteiger partial charge in [0, 0.05) is 0 Å². The first-order valence-electron chi connectivity index (χ1n) is 10.2. The molecule has 0 rings (SSSR count). The largest absolute Gasteiger partial charge is 0.464 e. The molecule has 0 radical (unpaired) electrons. The van der Waals surface area contributed by atoms with Gasteiger partial charge in [0.25, 0.3) is 0 Å². The maximum Gasteiger partial charge on any atom is 0.366 e. The zero-order valence-electron chi connectivity index (χ0n) is 16.1. The highest BCUT2D eigenvalue weighted by Gasteiger charge is 2.06. The minimum atomic E-state index is -0.865. The fourth-order valence-corrected chi connectivity index (χ4v) is 2.93. The van der Waals surface area contributed by atoms with Crippen molar-refractivity contribution in [1.82, 2.24) is 0 Å². The zero-order chi connectivity index (χ0) is 17.9. The molecule has 0 aliphatic heterocycles. The second-order valence-electron chi connectivity index (χ2n) is 6.78. The quantitative estimate of drug-likeness (QED) is 0.158. The SMILES string of the molecule is CCCCCCCCCCCCCCCCC/C=C(\F)C(=O)OC. The summed E-state index contributed by atoms with van der Waals surface area (Å²) in [6.07, 6.45) is 21.8. The van der Waals surface area contributed by atoms with Gasteiger partial charge in [-0.1, -0.05) is 96.8 Å². The molecule has 24 heavy (non-hydrogen) atoms. The van der Waals surface area contributed by atoms with E-state index in [0.717, 1.165) is 12.8 Å². The predicted octanol–water partition coefficient (Wildman–Crippen LogP) is 7.27. The monoisotopic (exact) mass is 342 g/mol. The van der Waals surface area contributed by atoms with Crippen LogP contribution < -0.4 is 0 Å². The van der Waals surface area contributed by atoms with Crippen molar-refractivity contribution >= 4 is 5.97 Å². The number of methoxy groups -OCH3 is 1. The Morgan fingerprint density at radius 2 is 1.12 bits per heavy atom. The molecule has 2 nitrogen and oxygen atoms in total. The lowest BCUT2D eigenvalue weighted by Gasteiger charge is -2.03. The smallest absolute Gasteiger partial charge is 0.366 e. The molecule has 0 unspecified atom stereocenters. The number of ether oxygens (including phenoxy) is 1. The zero-order valence-corrected chi connectivity index (χ0v) is 16.1. The highest BCUT2D eigenvalue weighted by atomic mass is 19.1. The van der Waals surface area contributed by atoms with Gasteiger partial charge in [0.1, 0.15) is 0 Å². The van der Waals surface area contributed by atoms with Crippen molar-refractivity contribution in [3.8, 4) is 0 Å². The van der Waals surface area contributed by atoms with E-state index in [9.17, 15) is 9.18 Å². The molecule has 0 heterocycles. The van der Waals surface area contributed by atoms with E-state index >= 15 is 0 Å². The molecule has 0 atom stereocenters. The van der Waals surface area contributed by atoms with Crippen molar-refractivity contribution in [2.24, 2.45) is 0 Å². The van der Waals surface area contributed by atoms with Crippen LogP contribution in [0.3, 0.4) is 0 Å². The summed E-state index contributed by atoms with van der Waals surface area (Å²) in [6.45, 7) is 2.27. The molecule has 0 bridgehead atoms. The van der Waals surface area contributed by atoms with E-state index in [4.69, 9.17) is 0 Å². The summed E-state index contributed by atoms with van der Waals surface area (Å²) < 4.78 is 17.4. The van der Waals surface area contributed by atoms with Crippen molar-refractivity contribution < 1.29 is 13.9 Å². The molecule has 0 aromatic heterocycles. The first kappa shape index (κ1) is 23.1. The molecular formula is C21H39FO2. The van der Waals surface area contributed by atoms with Crippen LogP contribution in [0, 0.1) is 0 Å². The van der Waals surface area contributed by atoms with Crippen molar-refractivity contribution in [2.75, 3.05) is 7.11 Å². The summed E-state index contributed by atoms with van der Waals surface area (Å²) in [7, 11) is 1.20. The molecule has 0 saturated heterocycles. The number of carbonyl (C=O) groups excluding carboxylic acids is 1. The van der Waals surface area contributed by atoms with Crippen LogP contribution in [0.5, 0.6) is 0 Å². The highest BCUT2D eigenvalue weighted by Crippen LogP contribution is 2.14. The number of unbranched alkanes of at least 4 members (excludes halogenated alkanes) is 15. The maximum atomic E-state index is 13.1. The third kappa shape index (κ3) is 16.0. The normalized spacial score (nSPS) is 11.7. The van der Waals surface area contributed by atoms with Gasteiger partial charge in [-0.05, 0) is 18.9 Å². The minimum Gasteiger partial charge on any atom is -0.464 e. The number of esters is 1. The van der Waals surface area contributed by atoms with Crippen LogP contribution >= 0.6 is 0 Å². The van der Waals surface area contributed by atoms with Gasteiger partial charge in [-0.2, -0.15) is 4.39 Å². The fourth-order valence-electron chi connectivity index (χ4n) is 2.93. The molecule has 0 amide bonds. The van der Waals surface area contributed by atoms with Crippen LogP contribution in [0.1, 0.15) is 110 Å². The average Bonchev–Trinajstić information content (AvgIpc) is 2.60. The van der Waals surface area contributed by atoms with Crippen LogP contribution in [0.2, 0.25) is 0 Å². The van der Waals surface area contributed by atoms with E-state index in [2.05, 4.69) is 11.7 Å². The van der Waals surface area contributed by atoms with Crippen LogP contribution in [-0.2, 0) is 9.53 Å². The molecule has 3 heteroatoms. The summed E-state index contributed by atoms with van der Waals surface area (Å²) >= 11 is 0. The third-order valence-corrected chi connectivity index (χ3v) is 4.51. The molecular weight excluding hydrogens is 303 g/mol. The molecule has 0 N–H and O–H groups in total. The second kappa shape index (κ2) is 18.5. The van der Waals surface area contributed by atoms with Gasteiger partial charge in [0.05, 0.1) is 7.11 Å². The summed E-state index contributed by atoms with van der Waals surface area (Å²) in [4.78, 5) is 10.8. The van der Waals surface area contributed by atoms with Crippen molar-refractivity contribution in [3.05, 3.63) is 11.9 Å². The van der Waals surface area contributed by atoms with Crippen LogP contribution in [0.15, 0.2) is 11.9 Å². The number of halogens is 1. The Hall–Kier alpha value is -0.860. The Morgan fingerprint density at radius 1 is 0.750 bits per heavy atom. The Morgan fingerprint density at radius 3 is 1.50 bits per heavy atom. The molecule has 142 valence electrons. The van der Waals surface area contributed by atoms with E-state index in [1.165, 1.54) is 96.7 Å². The van der Waals surface area contributed by atoms with E-state index in [0.29, 0.717) is 6.42 Å². The summed E-state index contributed by atoms with van der Waals surface area (Å²) in [5, 5.41) is 0. The van der Waals surface area contributed by atoms with Gasteiger partial charge in [0.15, 0.2) is 0 Å². The van der Waals surface area contributed by atoms with Crippen LogP contribution in [-0.4, -0.2) is 13.1 Å². The highest BCUT2D eigenvalue weighted by molar-refractivity contribution is 5.85. The van der Waals surface area contributed by atoms with E-state index < -0.39 is 11.8 Å². The molecule has 0 aromatic rings. The molecule has 0 aliphatic rings. The number of carbonyl (C=O) groups is 1. The van der Waals surface area contributed by atoms with Crippen LogP contribution in [0.4, 0.5) is 4.39 Å². The first-order valence-corrected chi connectivity index (χ1v) is 10.2. The number of allylic oxidation sites excluding steroid dienone is 1. The molecule has 0 fully saturated rings. The molecule has 0 aromatic carbocycles. The summed E-state index contributed by atoms with van der Waals surface area (Å²) in [5.41, 5.74) is 0. The Kier molecular flexibility index (Phi) is 17.8. The van der Waals surface area contributed by atoms with Crippen molar-refractivity contribution in [2.45, 2.75) is 110 Å².